The van der Waals surface area contributed by atoms with Crippen molar-refractivity contribution in [2.75, 3.05) is 11.3 Å². The lowest BCUT2D eigenvalue weighted by molar-refractivity contribution is 0.0955. The number of halogens is 1. The summed E-state index contributed by atoms with van der Waals surface area (Å²) in [5.74, 6) is -0.417. The molecule has 2 N–H and O–H groups in total. The van der Waals surface area contributed by atoms with Gasteiger partial charge in [-0.2, -0.15) is 0 Å². The van der Waals surface area contributed by atoms with Crippen molar-refractivity contribution in [1.29, 1.82) is 0 Å². The maximum absolute atomic E-state index is 13.0. The summed E-state index contributed by atoms with van der Waals surface area (Å²) in [6.07, 6.45) is 3.05. The van der Waals surface area contributed by atoms with E-state index >= 15 is 0 Å². The van der Waals surface area contributed by atoms with Crippen LogP contribution in [0.3, 0.4) is 0 Å². The fourth-order valence-corrected chi connectivity index (χ4v) is 3.49. The van der Waals surface area contributed by atoms with E-state index in [1.165, 1.54) is 42.6 Å². The van der Waals surface area contributed by atoms with E-state index in [1.54, 1.807) is 18.2 Å². The van der Waals surface area contributed by atoms with E-state index in [4.69, 9.17) is 4.74 Å². The van der Waals surface area contributed by atoms with E-state index in [-0.39, 0.29) is 27.9 Å². The average Bonchev–Trinajstić information content (AvgIpc) is 2.74. The summed E-state index contributed by atoms with van der Waals surface area (Å²) in [6.45, 7) is 3.85. The number of nitrogens with one attached hydrogen (secondary N) is 2. The third-order valence-corrected chi connectivity index (χ3v) is 5.26. The minimum Gasteiger partial charge on any atom is -0.438 e. The van der Waals surface area contributed by atoms with Crippen LogP contribution in [0.1, 0.15) is 10.4 Å². The first-order chi connectivity index (χ1) is 14.4. The number of hydrogen-bond acceptors (Lipinski definition) is 5. The van der Waals surface area contributed by atoms with Gasteiger partial charge in [-0.25, -0.2) is 17.8 Å². The lowest BCUT2D eigenvalue weighted by atomic mass is 10.2. The van der Waals surface area contributed by atoms with Crippen molar-refractivity contribution in [3.63, 3.8) is 0 Å². The predicted octanol–water partition coefficient (Wildman–Crippen LogP) is 3.73. The van der Waals surface area contributed by atoms with Crippen molar-refractivity contribution in [1.82, 2.24) is 10.3 Å². The highest BCUT2D eigenvalue weighted by Gasteiger charge is 2.16. The van der Waals surface area contributed by atoms with Gasteiger partial charge in [0.05, 0.1) is 4.90 Å². The van der Waals surface area contributed by atoms with E-state index in [2.05, 4.69) is 21.6 Å². The summed E-state index contributed by atoms with van der Waals surface area (Å²) in [5, 5.41) is 2.65. The molecule has 3 aromatic rings. The van der Waals surface area contributed by atoms with E-state index in [1.807, 2.05) is 0 Å². The summed E-state index contributed by atoms with van der Waals surface area (Å²) < 4.78 is 45.8. The van der Waals surface area contributed by atoms with Crippen LogP contribution >= 0.6 is 0 Å². The van der Waals surface area contributed by atoms with Crippen LogP contribution in [0, 0.1) is 5.82 Å². The molecule has 154 valence electrons. The van der Waals surface area contributed by atoms with Crippen molar-refractivity contribution in [3.8, 4) is 11.6 Å². The molecule has 0 radical (unpaired) electrons. The van der Waals surface area contributed by atoms with Crippen LogP contribution in [0.15, 0.2) is 84.4 Å². The van der Waals surface area contributed by atoms with E-state index in [0.29, 0.717) is 12.3 Å². The van der Waals surface area contributed by atoms with Crippen molar-refractivity contribution in [3.05, 3.63) is 90.9 Å². The molecular weight excluding hydrogens is 409 g/mol. The molecule has 0 aliphatic heterocycles. The summed E-state index contributed by atoms with van der Waals surface area (Å²) in [7, 11) is -3.86. The van der Waals surface area contributed by atoms with Crippen LogP contribution in [0.25, 0.3) is 0 Å². The molecule has 0 spiro atoms. The second-order valence-electron chi connectivity index (χ2n) is 6.04. The molecular formula is C21H18FN3O4S. The van der Waals surface area contributed by atoms with Gasteiger partial charge in [-0.05, 0) is 60.7 Å². The summed E-state index contributed by atoms with van der Waals surface area (Å²) in [4.78, 5) is 16.2. The second-order valence-corrected chi connectivity index (χ2v) is 7.72. The van der Waals surface area contributed by atoms with Crippen LogP contribution in [-0.4, -0.2) is 25.9 Å². The lowest BCUT2D eigenvalue weighted by Gasteiger charge is -2.11. The fraction of sp³-hybridized carbons (Fsp3) is 0.0476. The van der Waals surface area contributed by atoms with Gasteiger partial charge in [-0.15, -0.1) is 6.58 Å². The molecule has 3 rings (SSSR count). The van der Waals surface area contributed by atoms with Crippen LogP contribution in [0.5, 0.6) is 11.6 Å². The van der Waals surface area contributed by atoms with E-state index in [0.717, 1.165) is 12.1 Å². The Balaban J connectivity index is 1.73. The highest BCUT2D eigenvalue weighted by molar-refractivity contribution is 7.92. The third kappa shape index (κ3) is 5.21. The van der Waals surface area contributed by atoms with Crippen LogP contribution in [0.4, 0.5) is 10.1 Å². The molecule has 0 unspecified atom stereocenters. The highest BCUT2D eigenvalue weighted by Crippen LogP contribution is 2.25. The number of aromatic nitrogens is 1. The Morgan fingerprint density at radius 2 is 1.80 bits per heavy atom. The predicted molar refractivity (Wildman–Crippen MR) is 110 cm³/mol. The number of rotatable bonds is 8. The molecule has 0 saturated carbocycles. The van der Waals surface area contributed by atoms with Crippen LogP contribution in [0.2, 0.25) is 0 Å². The number of anilines is 1. The Morgan fingerprint density at radius 1 is 1.10 bits per heavy atom. The Bertz CT molecular complexity index is 1150. The first kappa shape index (κ1) is 21.0. The standard InChI is InChI=1S/C21H18FN3O4S/c1-2-13-23-20(26)19-4-3-14-24-21(19)29-17-9-7-16(8-10-17)25-30(27,28)18-11-5-15(22)6-12-18/h2-12,14,25H,1,13H2,(H,23,26). The number of carbonyl (C=O) groups excluding carboxylic acids is 1. The largest absolute Gasteiger partial charge is 0.438 e. The number of pyridine rings is 1. The van der Waals surface area contributed by atoms with Gasteiger partial charge < -0.3 is 10.1 Å². The molecule has 0 aliphatic rings. The van der Waals surface area contributed by atoms with Crippen molar-refractivity contribution in [2.24, 2.45) is 0 Å². The lowest BCUT2D eigenvalue weighted by Crippen LogP contribution is -2.23. The number of nitrogens with zero attached hydrogens (tertiary/aromatic N) is 1. The number of sulfonamides is 1. The van der Waals surface area contributed by atoms with Crippen molar-refractivity contribution < 1.29 is 22.3 Å². The van der Waals surface area contributed by atoms with Gasteiger partial charge in [-0.1, -0.05) is 6.08 Å². The van der Waals surface area contributed by atoms with E-state index in [9.17, 15) is 17.6 Å². The van der Waals surface area contributed by atoms with Gasteiger partial charge in [0.25, 0.3) is 15.9 Å². The smallest absolute Gasteiger partial charge is 0.261 e. The molecule has 1 amide bonds. The Morgan fingerprint density at radius 3 is 2.47 bits per heavy atom. The maximum Gasteiger partial charge on any atom is 0.261 e. The zero-order valence-corrected chi connectivity index (χ0v) is 16.5. The summed E-state index contributed by atoms with van der Waals surface area (Å²) in [5.41, 5.74) is 0.539. The zero-order chi connectivity index (χ0) is 21.6. The van der Waals surface area contributed by atoms with E-state index < -0.39 is 15.8 Å². The van der Waals surface area contributed by atoms with Gasteiger partial charge >= 0.3 is 0 Å². The molecule has 0 saturated heterocycles. The van der Waals surface area contributed by atoms with Gasteiger partial charge in [0, 0.05) is 18.4 Å². The Kier molecular flexibility index (Phi) is 6.43. The molecule has 1 aromatic heterocycles. The quantitative estimate of drug-likeness (QED) is 0.534. The molecule has 0 bridgehead atoms. The Labute approximate surface area is 173 Å². The minimum absolute atomic E-state index is 0.0621. The van der Waals surface area contributed by atoms with Crippen molar-refractivity contribution >= 4 is 21.6 Å². The first-order valence-corrected chi connectivity index (χ1v) is 10.3. The summed E-state index contributed by atoms with van der Waals surface area (Å²) >= 11 is 0. The molecule has 0 fully saturated rings. The Hall–Kier alpha value is -3.72. The maximum atomic E-state index is 13.0. The second kappa shape index (κ2) is 9.19. The molecule has 30 heavy (non-hydrogen) atoms. The molecule has 0 aliphatic carbocycles. The SMILES string of the molecule is C=CCNC(=O)c1cccnc1Oc1ccc(NS(=O)(=O)c2ccc(F)cc2)cc1. The number of hydrogen-bond donors (Lipinski definition) is 2. The topological polar surface area (TPSA) is 97.4 Å². The number of carbonyl (C=O) groups is 1. The molecule has 7 nitrogen and oxygen atoms in total. The van der Waals surface area contributed by atoms with Gasteiger partial charge in [0.2, 0.25) is 5.88 Å². The number of benzene rings is 2. The summed E-state index contributed by atoms with van der Waals surface area (Å²) in [6, 6.07) is 13.7. The average molecular weight is 427 g/mol. The minimum atomic E-state index is -3.86. The van der Waals surface area contributed by atoms with Crippen molar-refractivity contribution in [2.45, 2.75) is 4.90 Å². The highest BCUT2D eigenvalue weighted by atomic mass is 32.2. The van der Waals surface area contributed by atoms with Crippen LogP contribution < -0.4 is 14.8 Å². The number of amides is 1. The fourth-order valence-electron chi connectivity index (χ4n) is 2.44. The zero-order valence-electron chi connectivity index (χ0n) is 15.7. The van der Waals surface area contributed by atoms with Gasteiger partial charge in [-0.3, -0.25) is 9.52 Å². The molecule has 1 heterocycles. The normalized spacial score (nSPS) is 10.8. The molecule has 9 heteroatoms. The van der Waals surface area contributed by atoms with Gasteiger partial charge in [0.15, 0.2) is 0 Å². The number of ether oxygens (including phenoxy) is 1. The molecule has 2 aromatic carbocycles. The first-order valence-electron chi connectivity index (χ1n) is 8.79. The monoisotopic (exact) mass is 427 g/mol. The third-order valence-electron chi connectivity index (χ3n) is 3.87. The van der Waals surface area contributed by atoms with Crippen LogP contribution in [-0.2, 0) is 10.0 Å². The van der Waals surface area contributed by atoms with Gasteiger partial charge in [0.1, 0.15) is 17.1 Å². The molecule has 0 atom stereocenters.